The Morgan fingerprint density at radius 1 is 1.19 bits per heavy atom. The molecule has 0 aliphatic carbocycles. The molecule has 1 atom stereocenters. The molecule has 0 aromatic carbocycles. The lowest BCUT2D eigenvalue weighted by molar-refractivity contribution is 0.0900. The average molecular weight is 227 g/mol. The van der Waals surface area contributed by atoms with Crippen molar-refractivity contribution in [1.82, 2.24) is 4.90 Å². The summed E-state index contributed by atoms with van der Waals surface area (Å²) < 4.78 is 0. The fourth-order valence-electron chi connectivity index (χ4n) is 2.82. The number of likely N-dealkylation sites (tertiary alicyclic amines) is 1. The SMILES string of the molecule is CCC1(CC)CCN(CCCC(C)O)CC1. The Labute approximate surface area is 101 Å². The first kappa shape index (κ1) is 14.0. The molecule has 2 heteroatoms. The Morgan fingerprint density at radius 3 is 2.19 bits per heavy atom. The molecule has 0 radical (unpaired) electrons. The molecule has 1 saturated heterocycles. The third-order valence-electron chi connectivity index (χ3n) is 4.51. The van der Waals surface area contributed by atoms with Crippen molar-refractivity contribution < 1.29 is 5.11 Å². The van der Waals surface area contributed by atoms with Crippen LogP contribution in [-0.2, 0) is 0 Å². The van der Waals surface area contributed by atoms with Crippen LogP contribution in [0.25, 0.3) is 0 Å². The fraction of sp³-hybridized carbons (Fsp3) is 1.00. The average Bonchev–Trinajstić information content (AvgIpc) is 2.30. The van der Waals surface area contributed by atoms with Gasteiger partial charge in [-0.1, -0.05) is 26.7 Å². The first-order valence-electron chi connectivity index (χ1n) is 7.02. The molecule has 1 aliphatic rings. The van der Waals surface area contributed by atoms with Crippen molar-refractivity contribution in [3.63, 3.8) is 0 Å². The Kier molecular flexibility index (Phi) is 5.77. The van der Waals surface area contributed by atoms with E-state index < -0.39 is 0 Å². The van der Waals surface area contributed by atoms with Crippen molar-refractivity contribution in [3.8, 4) is 0 Å². The molecule has 1 rings (SSSR count). The molecule has 1 unspecified atom stereocenters. The molecule has 96 valence electrons. The molecule has 16 heavy (non-hydrogen) atoms. The van der Waals surface area contributed by atoms with Crippen LogP contribution in [-0.4, -0.2) is 35.7 Å². The largest absolute Gasteiger partial charge is 0.393 e. The number of aliphatic hydroxyl groups excluding tert-OH is 1. The molecule has 2 nitrogen and oxygen atoms in total. The van der Waals surface area contributed by atoms with E-state index in [-0.39, 0.29) is 6.10 Å². The van der Waals surface area contributed by atoms with Gasteiger partial charge in [-0.25, -0.2) is 0 Å². The summed E-state index contributed by atoms with van der Waals surface area (Å²) in [7, 11) is 0. The van der Waals surface area contributed by atoms with Gasteiger partial charge >= 0.3 is 0 Å². The summed E-state index contributed by atoms with van der Waals surface area (Å²) in [6, 6.07) is 0. The second-order valence-electron chi connectivity index (χ2n) is 5.54. The van der Waals surface area contributed by atoms with Crippen LogP contribution in [0.1, 0.15) is 59.3 Å². The summed E-state index contributed by atoms with van der Waals surface area (Å²) in [5.74, 6) is 0. The van der Waals surface area contributed by atoms with E-state index in [2.05, 4.69) is 18.7 Å². The molecular formula is C14H29NO. The highest BCUT2D eigenvalue weighted by molar-refractivity contribution is 4.83. The normalized spacial score (nSPS) is 23.2. The fourth-order valence-corrected chi connectivity index (χ4v) is 2.82. The number of hydrogen-bond donors (Lipinski definition) is 1. The number of piperidine rings is 1. The minimum Gasteiger partial charge on any atom is -0.393 e. The zero-order chi connectivity index (χ0) is 12.0. The zero-order valence-corrected chi connectivity index (χ0v) is 11.3. The maximum Gasteiger partial charge on any atom is 0.0512 e. The Morgan fingerprint density at radius 2 is 1.75 bits per heavy atom. The van der Waals surface area contributed by atoms with Gasteiger partial charge in [0.05, 0.1) is 6.10 Å². The van der Waals surface area contributed by atoms with Crippen molar-refractivity contribution in [3.05, 3.63) is 0 Å². The third kappa shape index (κ3) is 4.06. The van der Waals surface area contributed by atoms with Gasteiger partial charge in [-0.05, 0) is 57.7 Å². The van der Waals surface area contributed by atoms with Crippen molar-refractivity contribution >= 4 is 0 Å². The van der Waals surface area contributed by atoms with E-state index in [0.29, 0.717) is 5.41 Å². The van der Waals surface area contributed by atoms with Gasteiger partial charge in [-0.15, -0.1) is 0 Å². The molecule has 1 N–H and O–H groups in total. The van der Waals surface area contributed by atoms with Gasteiger partial charge in [0.2, 0.25) is 0 Å². The van der Waals surface area contributed by atoms with E-state index in [4.69, 9.17) is 0 Å². The number of nitrogens with zero attached hydrogens (tertiary/aromatic N) is 1. The van der Waals surface area contributed by atoms with Gasteiger partial charge in [0.25, 0.3) is 0 Å². The molecule has 1 heterocycles. The predicted molar refractivity (Wildman–Crippen MR) is 69.6 cm³/mol. The van der Waals surface area contributed by atoms with E-state index in [0.717, 1.165) is 12.8 Å². The molecule has 0 amide bonds. The predicted octanol–water partition coefficient (Wildman–Crippen LogP) is 3.05. The number of hydrogen-bond acceptors (Lipinski definition) is 2. The lowest BCUT2D eigenvalue weighted by atomic mass is 9.74. The van der Waals surface area contributed by atoms with Gasteiger partial charge in [-0.2, -0.15) is 0 Å². The summed E-state index contributed by atoms with van der Waals surface area (Å²) in [5, 5.41) is 9.22. The van der Waals surface area contributed by atoms with Crippen LogP contribution in [0.3, 0.4) is 0 Å². The minimum atomic E-state index is -0.129. The maximum atomic E-state index is 9.22. The van der Waals surface area contributed by atoms with E-state index in [1.165, 1.54) is 45.3 Å². The van der Waals surface area contributed by atoms with Gasteiger partial charge in [0, 0.05) is 0 Å². The van der Waals surface area contributed by atoms with E-state index in [1.54, 1.807) is 0 Å². The van der Waals surface area contributed by atoms with Crippen LogP contribution >= 0.6 is 0 Å². The van der Waals surface area contributed by atoms with Gasteiger partial charge in [0.15, 0.2) is 0 Å². The van der Waals surface area contributed by atoms with Gasteiger partial charge in [-0.3, -0.25) is 0 Å². The highest BCUT2D eigenvalue weighted by Gasteiger charge is 2.30. The summed E-state index contributed by atoms with van der Waals surface area (Å²) >= 11 is 0. The Hall–Kier alpha value is -0.0800. The highest BCUT2D eigenvalue weighted by atomic mass is 16.3. The van der Waals surface area contributed by atoms with Crippen LogP contribution in [0.4, 0.5) is 0 Å². The standard InChI is InChI=1S/C14H29NO/c1-4-14(5-2)8-11-15(12-9-14)10-6-7-13(3)16/h13,16H,4-12H2,1-3H3. The van der Waals surface area contributed by atoms with E-state index >= 15 is 0 Å². The topological polar surface area (TPSA) is 23.5 Å². The monoisotopic (exact) mass is 227 g/mol. The van der Waals surface area contributed by atoms with E-state index in [9.17, 15) is 5.11 Å². The molecule has 0 saturated carbocycles. The van der Waals surface area contributed by atoms with Gasteiger partial charge < -0.3 is 10.0 Å². The first-order valence-corrected chi connectivity index (χ1v) is 7.02. The molecule has 0 bridgehead atoms. The third-order valence-corrected chi connectivity index (χ3v) is 4.51. The first-order chi connectivity index (χ1) is 7.62. The smallest absolute Gasteiger partial charge is 0.0512 e. The second kappa shape index (κ2) is 6.61. The van der Waals surface area contributed by atoms with Crippen LogP contribution in [0.15, 0.2) is 0 Å². The molecule has 0 aromatic rings. The molecule has 0 aromatic heterocycles. The van der Waals surface area contributed by atoms with Crippen LogP contribution in [0.5, 0.6) is 0 Å². The van der Waals surface area contributed by atoms with Crippen molar-refractivity contribution in [2.45, 2.75) is 65.4 Å². The maximum absolute atomic E-state index is 9.22. The Balaban J connectivity index is 2.21. The van der Waals surface area contributed by atoms with Crippen LogP contribution in [0, 0.1) is 5.41 Å². The number of aliphatic hydroxyl groups is 1. The van der Waals surface area contributed by atoms with Crippen molar-refractivity contribution in [2.75, 3.05) is 19.6 Å². The molecule has 0 spiro atoms. The van der Waals surface area contributed by atoms with E-state index in [1.807, 2.05) is 6.92 Å². The van der Waals surface area contributed by atoms with Crippen molar-refractivity contribution in [1.29, 1.82) is 0 Å². The van der Waals surface area contributed by atoms with Crippen molar-refractivity contribution in [2.24, 2.45) is 5.41 Å². The second-order valence-corrected chi connectivity index (χ2v) is 5.54. The molecule has 1 fully saturated rings. The minimum absolute atomic E-state index is 0.129. The molecular weight excluding hydrogens is 198 g/mol. The number of rotatable bonds is 6. The summed E-state index contributed by atoms with van der Waals surface area (Å²) in [4.78, 5) is 2.58. The summed E-state index contributed by atoms with van der Waals surface area (Å²) in [6.07, 6.45) is 7.38. The van der Waals surface area contributed by atoms with Crippen LogP contribution < -0.4 is 0 Å². The quantitative estimate of drug-likeness (QED) is 0.754. The van der Waals surface area contributed by atoms with Gasteiger partial charge in [0.1, 0.15) is 0 Å². The summed E-state index contributed by atoms with van der Waals surface area (Å²) in [5.41, 5.74) is 0.640. The lowest BCUT2D eigenvalue weighted by Gasteiger charge is -2.41. The summed E-state index contributed by atoms with van der Waals surface area (Å²) in [6.45, 7) is 10.3. The Bertz CT molecular complexity index is 177. The lowest BCUT2D eigenvalue weighted by Crippen LogP contribution is -2.40. The highest BCUT2D eigenvalue weighted by Crippen LogP contribution is 2.37. The van der Waals surface area contributed by atoms with Crippen LogP contribution in [0.2, 0.25) is 0 Å². The zero-order valence-electron chi connectivity index (χ0n) is 11.3. The molecule has 1 aliphatic heterocycles.